The molecule has 23 heavy (non-hydrogen) atoms. The number of para-hydroxylation sites is 1. The van der Waals surface area contributed by atoms with Crippen LogP contribution in [0.1, 0.15) is 17.2 Å². The van der Waals surface area contributed by atoms with Gasteiger partial charge in [-0.3, -0.25) is 9.69 Å². The van der Waals surface area contributed by atoms with Crippen molar-refractivity contribution in [2.45, 2.75) is 13.0 Å². The molecular formula is C18H18N2O3. The number of hydrogen-bond donors (Lipinski definition) is 1. The fraction of sp³-hybridized carbons (Fsp3) is 0.222. The van der Waals surface area contributed by atoms with Gasteiger partial charge < -0.3 is 10.1 Å². The van der Waals surface area contributed by atoms with Crippen LogP contribution in [0.4, 0.5) is 4.79 Å². The summed E-state index contributed by atoms with van der Waals surface area (Å²) in [5, 5.41) is 2.81. The Labute approximate surface area is 134 Å². The van der Waals surface area contributed by atoms with Crippen molar-refractivity contribution in [3.8, 4) is 5.75 Å². The van der Waals surface area contributed by atoms with Gasteiger partial charge in [-0.25, -0.2) is 4.79 Å². The van der Waals surface area contributed by atoms with Gasteiger partial charge in [0, 0.05) is 13.1 Å². The number of carbonyl (C=O) groups is 2. The van der Waals surface area contributed by atoms with Gasteiger partial charge in [0.05, 0.1) is 0 Å². The molecule has 2 amide bonds. The molecule has 3 rings (SSSR count). The minimum absolute atomic E-state index is 0.190. The molecule has 0 spiro atoms. The highest BCUT2D eigenvalue weighted by molar-refractivity contribution is 5.88. The monoisotopic (exact) mass is 310 g/mol. The van der Waals surface area contributed by atoms with Crippen LogP contribution in [-0.2, 0) is 4.79 Å². The lowest BCUT2D eigenvalue weighted by Gasteiger charge is -2.34. The molecule has 0 bridgehead atoms. The Morgan fingerprint density at radius 2 is 1.83 bits per heavy atom. The molecule has 1 aliphatic rings. The maximum atomic E-state index is 12.5. The van der Waals surface area contributed by atoms with Gasteiger partial charge in [0.2, 0.25) is 5.91 Å². The second-order valence-corrected chi connectivity index (χ2v) is 5.48. The van der Waals surface area contributed by atoms with Crippen LogP contribution in [0.2, 0.25) is 0 Å². The standard InChI is InChI=1S/C18H18N2O3/c1-13-7-9-14(10-8-13)16-17(21)19-11-12-20(16)18(22)23-15-5-3-2-4-6-15/h2-10,16H,11-12H2,1H3,(H,19,21). The summed E-state index contributed by atoms with van der Waals surface area (Å²) in [6.45, 7) is 2.81. The first-order valence-electron chi connectivity index (χ1n) is 7.53. The van der Waals surface area contributed by atoms with E-state index in [2.05, 4.69) is 5.32 Å². The zero-order chi connectivity index (χ0) is 16.2. The Bertz CT molecular complexity index is 698. The van der Waals surface area contributed by atoms with Crippen molar-refractivity contribution in [1.82, 2.24) is 10.2 Å². The van der Waals surface area contributed by atoms with E-state index < -0.39 is 12.1 Å². The Morgan fingerprint density at radius 1 is 1.13 bits per heavy atom. The average molecular weight is 310 g/mol. The van der Waals surface area contributed by atoms with E-state index in [1.807, 2.05) is 37.3 Å². The Kier molecular flexibility index (Phi) is 4.28. The van der Waals surface area contributed by atoms with Crippen molar-refractivity contribution in [1.29, 1.82) is 0 Å². The van der Waals surface area contributed by atoms with E-state index in [-0.39, 0.29) is 5.91 Å². The fourth-order valence-corrected chi connectivity index (χ4v) is 2.59. The van der Waals surface area contributed by atoms with E-state index in [1.165, 1.54) is 4.90 Å². The summed E-state index contributed by atoms with van der Waals surface area (Å²) in [7, 11) is 0. The number of amides is 2. The van der Waals surface area contributed by atoms with Crippen LogP contribution in [0.3, 0.4) is 0 Å². The van der Waals surface area contributed by atoms with Crippen LogP contribution >= 0.6 is 0 Å². The van der Waals surface area contributed by atoms with Gasteiger partial charge in [-0.2, -0.15) is 0 Å². The molecule has 1 saturated heterocycles. The quantitative estimate of drug-likeness (QED) is 0.928. The summed E-state index contributed by atoms with van der Waals surface area (Å²) in [5.41, 5.74) is 1.88. The zero-order valence-electron chi connectivity index (χ0n) is 12.9. The third-order valence-electron chi connectivity index (χ3n) is 3.79. The summed E-state index contributed by atoms with van der Waals surface area (Å²) in [6, 6.07) is 15.8. The molecule has 0 saturated carbocycles. The van der Waals surface area contributed by atoms with Crippen LogP contribution in [0.15, 0.2) is 54.6 Å². The van der Waals surface area contributed by atoms with Gasteiger partial charge >= 0.3 is 6.09 Å². The molecule has 2 aromatic rings. The number of carbonyl (C=O) groups excluding carboxylic acids is 2. The first-order chi connectivity index (χ1) is 11.1. The van der Waals surface area contributed by atoms with E-state index in [0.29, 0.717) is 18.8 Å². The molecule has 1 unspecified atom stereocenters. The van der Waals surface area contributed by atoms with Gasteiger partial charge in [0.1, 0.15) is 11.8 Å². The number of nitrogens with one attached hydrogen (secondary N) is 1. The van der Waals surface area contributed by atoms with Crippen molar-refractivity contribution < 1.29 is 14.3 Å². The number of ether oxygens (including phenoxy) is 1. The highest BCUT2D eigenvalue weighted by Crippen LogP contribution is 2.25. The molecule has 0 aromatic heterocycles. The molecule has 0 aliphatic carbocycles. The predicted molar refractivity (Wildman–Crippen MR) is 86.1 cm³/mol. The number of piperazine rings is 1. The second kappa shape index (κ2) is 6.52. The van der Waals surface area contributed by atoms with Crippen LogP contribution in [-0.4, -0.2) is 30.0 Å². The third-order valence-corrected chi connectivity index (χ3v) is 3.79. The number of hydrogen-bond acceptors (Lipinski definition) is 3. The molecule has 5 heteroatoms. The van der Waals surface area contributed by atoms with Crippen molar-refractivity contribution in [2.75, 3.05) is 13.1 Å². The Morgan fingerprint density at radius 3 is 2.52 bits per heavy atom. The number of benzene rings is 2. The first-order valence-corrected chi connectivity index (χ1v) is 7.53. The van der Waals surface area contributed by atoms with Gasteiger partial charge in [0.25, 0.3) is 0 Å². The zero-order valence-corrected chi connectivity index (χ0v) is 12.9. The predicted octanol–water partition coefficient (Wildman–Crippen LogP) is 2.67. The number of rotatable bonds is 2. The van der Waals surface area contributed by atoms with Gasteiger partial charge in [-0.15, -0.1) is 0 Å². The smallest absolute Gasteiger partial charge is 0.410 e. The van der Waals surface area contributed by atoms with Crippen molar-refractivity contribution in [2.24, 2.45) is 0 Å². The van der Waals surface area contributed by atoms with E-state index >= 15 is 0 Å². The number of aryl methyl sites for hydroxylation is 1. The van der Waals surface area contributed by atoms with Crippen molar-refractivity contribution in [3.63, 3.8) is 0 Å². The Balaban J connectivity index is 1.84. The third kappa shape index (κ3) is 3.34. The van der Waals surface area contributed by atoms with E-state index in [1.54, 1.807) is 24.3 Å². The molecule has 2 aromatic carbocycles. The van der Waals surface area contributed by atoms with Crippen LogP contribution in [0.25, 0.3) is 0 Å². The minimum Gasteiger partial charge on any atom is -0.410 e. The molecule has 1 atom stereocenters. The largest absolute Gasteiger partial charge is 0.416 e. The van der Waals surface area contributed by atoms with Crippen molar-refractivity contribution in [3.05, 3.63) is 65.7 Å². The molecule has 0 radical (unpaired) electrons. The average Bonchev–Trinajstić information content (AvgIpc) is 2.56. The van der Waals surface area contributed by atoms with Crippen LogP contribution in [0, 0.1) is 6.92 Å². The van der Waals surface area contributed by atoms with Gasteiger partial charge in [-0.05, 0) is 24.6 Å². The van der Waals surface area contributed by atoms with E-state index in [0.717, 1.165) is 11.1 Å². The number of nitrogens with zero attached hydrogens (tertiary/aromatic N) is 1. The molecule has 5 nitrogen and oxygen atoms in total. The summed E-state index contributed by atoms with van der Waals surface area (Å²) < 4.78 is 5.38. The van der Waals surface area contributed by atoms with E-state index in [4.69, 9.17) is 4.74 Å². The van der Waals surface area contributed by atoms with Gasteiger partial charge in [-0.1, -0.05) is 48.0 Å². The fourth-order valence-electron chi connectivity index (χ4n) is 2.59. The summed E-state index contributed by atoms with van der Waals surface area (Å²) in [6.07, 6.45) is -0.517. The lowest BCUT2D eigenvalue weighted by Crippen LogP contribution is -2.52. The molecular weight excluding hydrogens is 292 g/mol. The molecule has 1 fully saturated rings. The molecule has 118 valence electrons. The summed E-state index contributed by atoms with van der Waals surface area (Å²) in [4.78, 5) is 26.2. The van der Waals surface area contributed by atoms with Crippen LogP contribution < -0.4 is 10.1 Å². The highest BCUT2D eigenvalue weighted by atomic mass is 16.6. The maximum Gasteiger partial charge on any atom is 0.416 e. The minimum atomic E-state index is -0.666. The van der Waals surface area contributed by atoms with Crippen molar-refractivity contribution >= 4 is 12.0 Å². The second-order valence-electron chi connectivity index (χ2n) is 5.48. The van der Waals surface area contributed by atoms with Gasteiger partial charge in [0.15, 0.2) is 0 Å². The maximum absolute atomic E-state index is 12.5. The summed E-state index contributed by atoms with van der Waals surface area (Å²) >= 11 is 0. The van der Waals surface area contributed by atoms with Crippen LogP contribution in [0.5, 0.6) is 5.75 Å². The topological polar surface area (TPSA) is 58.6 Å². The lowest BCUT2D eigenvalue weighted by molar-refractivity contribution is -0.128. The highest BCUT2D eigenvalue weighted by Gasteiger charge is 2.35. The summed E-state index contributed by atoms with van der Waals surface area (Å²) in [5.74, 6) is 0.274. The molecule has 1 aliphatic heterocycles. The SMILES string of the molecule is Cc1ccc(C2C(=O)NCCN2C(=O)Oc2ccccc2)cc1. The Hall–Kier alpha value is -2.82. The normalized spacial score (nSPS) is 17.5. The lowest BCUT2D eigenvalue weighted by atomic mass is 10.0. The first kappa shape index (κ1) is 15.1. The molecule has 1 heterocycles. The molecule has 1 N–H and O–H groups in total. The van der Waals surface area contributed by atoms with E-state index in [9.17, 15) is 9.59 Å².